The van der Waals surface area contributed by atoms with Gasteiger partial charge in [-0.25, -0.2) is 4.39 Å². The highest BCUT2D eigenvalue weighted by atomic mass is 35.5. The number of anilines is 1. The van der Waals surface area contributed by atoms with E-state index in [-0.39, 0.29) is 10.9 Å². The van der Waals surface area contributed by atoms with Gasteiger partial charge < -0.3 is 4.57 Å². The van der Waals surface area contributed by atoms with Gasteiger partial charge in [-0.05, 0) is 37.3 Å². The molecular weight excluding hydrogens is 403 g/mol. The first kappa shape index (κ1) is 18.2. The summed E-state index contributed by atoms with van der Waals surface area (Å²) in [5.41, 5.74) is 3.61. The first-order chi connectivity index (χ1) is 12.9. The molecule has 136 valence electrons. The van der Waals surface area contributed by atoms with Gasteiger partial charge in [0.25, 0.3) is 5.91 Å². The van der Waals surface area contributed by atoms with Crippen molar-refractivity contribution in [2.24, 2.45) is 7.05 Å². The molecule has 0 atom stereocenters. The number of hydrogen-bond acceptors (Lipinski definition) is 3. The van der Waals surface area contributed by atoms with Crippen molar-refractivity contribution in [1.29, 1.82) is 0 Å². The average Bonchev–Trinajstić information content (AvgIpc) is 3.06. The van der Waals surface area contributed by atoms with Gasteiger partial charge in [-0.2, -0.15) is 0 Å². The summed E-state index contributed by atoms with van der Waals surface area (Å²) in [5, 5.41) is 1.03. The van der Waals surface area contributed by atoms with Crippen LogP contribution in [0, 0.1) is 12.7 Å². The van der Waals surface area contributed by atoms with E-state index >= 15 is 0 Å². The topological polar surface area (TPSA) is 25.2 Å². The second-order valence-corrected chi connectivity index (χ2v) is 8.27. The Morgan fingerprint density at radius 1 is 1.22 bits per heavy atom. The number of hydrogen-bond donors (Lipinski definition) is 0. The highest BCUT2D eigenvalue weighted by Crippen LogP contribution is 2.38. The number of benzene rings is 2. The number of rotatable bonds is 2. The third-order valence-corrected chi connectivity index (χ3v) is 6.27. The van der Waals surface area contributed by atoms with Crippen LogP contribution in [0.4, 0.5) is 10.1 Å². The number of carbonyl (C=O) groups excluding carboxylic acids is 1. The van der Waals surface area contributed by atoms with Crippen LogP contribution in [0.1, 0.15) is 11.3 Å². The summed E-state index contributed by atoms with van der Waals surface area (Å²) >= 11 is 12.5. The second kappa shape index (κ2) is 6.78. The molecule has 0 aliphatic carbocycles. The monoisotopic (exact) mass is 416 g/mol. The van der Waals surface area contributed by atoms with E-state index in [1.807, 2.05) is 44.3 Å². The molecule has 27 heavy (non-hydrogen) atoms. The molecule has 1 aliphatic heterocycles. The van der Waals surface area contributed by atoms with Crippen molar-refractivity contribution in [2.45, 2.75) is 6.92 Å². The summed E-state index contributed by atoms with van der Waals surface area (Å²) in [5.74, 6) is -0.771. The van der Waals surface area contributed by atoms with Gasteiger partial charge in [0.1, 0.15) is 5.82 Å². The summed E-state index contributed by atoms with van der Waals surface area (Å²) in [6.07, 6.45) is 1.88. The van der Waals surface area contributed by atoms with Gasteiger partial charge in [0, 0.05) is 29.2 Å². The van der Waals surface area contributed by atoms with Gasteiger partial charge in [-0.15, -0.1) is 0 Å². The molecule has 0 saturated carbocycles. The Hall–Kier alpha value is -2.15. The third kappa shape index (κ3) is 2.98. The maximum Gasteiger partial charge on any atom is 0.270 e. The lowest BCUT2D eigenvalue weighted by Crippen LogP contribution is -2.27. The maximum atomic E-state index is 13.5. The predicted octanol–water partition coefficient (Wildman–Crippen LogP) is 5.69. The van der Waals surface area contributed by atoms with E-state index in [4.69, 9.17) is 23.8 Å². The molecule has 0 spiro atoms. The number of fused-ring (bicyclic) bond motifs is 1. The predicted molar refractivity (Wildman–Crippen MR) is 115 cm³/mol. The second-order valence-electron chi connectivity index (χ2n) is 6.19. The van der Waals surface area contributed by atoms with Gasteiger partial charge >= 0.3 is 0 Å². The molecule has 3 nitrogen and oxygen atoms in total. The van der Waals surface area contributed by atoms with Gasteiger partial charge in [0.05, 0.1) is 15.6 Å². The first-order valence-electron chi connectivity index (χ1n) is 8.15. The number of para-hydroxylation sites is 1. The number of aryl methyl sites for hydroxylation is 1. The van der Waals surface area contributed by atoms with Crippen LogP contribution in [0.15, 0.2) is 47.4 Å². The quantitative estimate of drug-likeness (QED) is 0.396. The number of thioether (sulfide) groups is 1. The SMILES string of the molecule is Cc1c(/C=C2\SC(=S)N(c3ccc(F)c(Cl)c3)C2=O)c2ccccc2n1C. The molecule has 4 rings (SSSR count). The van der Waals surface area contributed by atoms with Gasteiger partial charge in [-0.1, -0.05) is 53.8 Å². The van der Waals surface area contributed by atoms with Gasteiger partial charge in [0.2, 0.25) is 0 Å². The van der Waals surface area contributed by atoms with Crippen molar-refractivity contribution in [1.82, 2.24) is 4.57 Å². The summed E-state index contributed by atoms with van der Waals surface area (Å²) in [4.78, 5) is 14.9. The molecule has 0 N–H and O–H groups in total. The Kier molecular flexibility index (Phi) is 4.58. The minimum Gasteiger partial charge on any atom is -0.347 e. The van der Waals surface area contributed by atoms with E-state index in [1.165, 1.54) is 34.9 Å². The molecule has 2 aromatic carbocycles. The Bertz CT molecular complexity index is 1150. The van der Waals surface area contributed by atoms with Crippen LogP contribution in [0.3, 0.4) is 0 Å². The van der Waals surface area contributed by atoms with E-state index in [2.05, 4.69) is 4.57 Å². The number of halogens is 2. The fourth-order valence-electron chi connectivity index (χ4n) is 3.18. The van der Waals surface area contributed by atoms with Crippen LogP contribution in [-0.4, -0.2) is 14.8 Å². The smallest absolute Gasteiger partial charge is 0.270 e. The zero-order chi connectivity index (χ0) is 19.3. The van der Waals surface area contributed by atoms with Crippen LogP contribution in [0.5, 0.6) is 0 Å². The highest BCUT2D eigenvalue weighted by molar-refractivity contribution is 8.27. The Labute approximate surface area is 170 Å². The average molecular weight is 417 g/mol. The summed E-state index contributed by atoms with van der Waals surface area (Å²) < 4.78 is 15.9. The molecule has 1 amide bonds. The lowest BCUT2D eigenvalue weighted by molar-refractivity contribution is -0.113. The van der Waals surface area contributed by atoms with Gasteiger partial charge in [0.15, 0.2) is 4.32 Å². The van der Waals surface area contributed by atoms with Crippen molar-refractivity contribution < 1.29 is 9.18 Å². The van der Waals surface area contributed by atoms with Crippen LogP contribution in [-0.2, 0) is 11.8 Å². The standard InChI is InChI=1S/C20H14ClFN2OS2/c1-11-14(13-5-3-4-6-17(13)23(11)2)10-18-19(25)24(20(26)27-18)12-7-8-16(22)15(21)9-12/h3-10H,1-2H3/b18-10-. The molecule has 7 heteroatoms. The van der Waals surface area contributed by atoms with Gasteiger partial charge in [-0.3, -0.25) is 9.69 Å². The lowest BCUT2D eigenvalue weighted by Gasteiger charge is -2.14. The van der Waals surface area contributed by atoms with E-state index in [0.717, 1.165) is 22.2 Å². The van der Waals surface area contributed by atoms with Crippen LogP contribution >= 0.6 is 35.6 Å². The van der Waals surface area contributed by atoms with Crippen molar-refractivity contribution in [3.63, 3.8) is 0 Å². The molecule has 0 bridgehead atoms. The summed E-state index contributed by atoms with van der Waals surface area (Å²) in [6, 6.07) is 12.2. The number of thiocarbonyl (C=S) groups is 1. The molecular formula is C20H14ClFN2OS2. The Morgan fingerprint density at radius 3 is 2.70 bits per heavy atom. The number of carbonyl (C=O) groups is 1. The lowest BCUT2D eigenvalue weighted by atomic mass is 10.1. The zero-order valence-electron chi connectivity index (χ0n) is 14.5. The van der Waals surface area contributed by atoms with E-state index in [9.17, 15) is 9.18 Å². The number of aromatic nitrogens is 1. The molecule has 0 radical (unpaired) electrons. The number of amides is 1. The van der Waals surface area contributed by atoms with E-state index < -0.39 is 5.82 Å². The molecule has 1 fully saturated rings. The molecule has 2 heterocycles. The minimum absolute atomic E-state index is 0.0459. The molecule has 1 aromatic heterocycles. The van der Waals surface area contributed by atoms with Crippen molar-refractivity contribution in [2.75, 3.05) is 4.90 Å². The highest BCUT2D eigenvalue weighted by Gasteiger charge is 2.34. The largest absolute Gasteiger partial charge is 0.347 e. The zero-order valence-corrected chi connectivity index (χ0v) is 16.9. The fraction of sp³-hybridized carbons (Fsp3) is 0.100. The Morgan fingerprint density at radius 2 is 1.96 bits per heavy atom. The van der Waals surface area contributed by atoms with Crippen LogP contribution < -0.4 is 4.90 Å². The molecule has 3 aromatic rings. The maximum absolute atomic E-state index is 13.5. The van der Waals surface area contributed by atoms with E-state index in [0.29, 0.717) is 14.9 Å². The van der Waals surface area contributed by atoms with Crippen LogP contribution in [0.25, 0.3) is 17.0 Å². The van der Waals surface area contributed by atoms with E-state index in [1.54, 1.807) is 0 Å². The first-order valence-corrected chi connectivity index (χ1v) is 9.76. The fourth-order valence-corrected chi connectivity index (χ4v) is 4.63. The van der Waals surface area contributed by atoms with Crippen LogP contribution in [0.2, 0.25) is 5.02 Å². The molecule has 1 aliphatic rings. The third-order valence-electron chi connectivity index (χ3n) is 4.68. The van der Waals surface area contributed by atoms with Crippen molar-refractivity contribution in [3.05, 3.63) is 69.5 Å². The van der Waals surface area contributed by atoms with Crippen molar-refractivity contribution >= 4 is 68.5 Å². The normalized spacial score (nSPS) is 16.1. The summed E-state index contributed by atoms with van der Waals surface area (Å²) in [6.45, 7) is 2.02. The summed E-state index contributed by atoms with van der Waals surface area (Å²) in [7, 11) is 2.00. The van der Waals surface area contributed by atoms with Crippen molar-refractivity contribution in [3.8, 4) is 0 Å². The molecule has 0 unspecified atom stereocenters. The minimum atomic E-state index is -0.534. The molecule has 1 saturated heterocycles. The Balaban J connectivity index is 1.78. The number of nitrogens with zero attached hydrogens (tertiary/aromatic N) is 2.